The first kappa shape index (κ1) is 11.5. The van der Waals surface area contributed by atoms with Crippen molar-refractivity contribution < 1.29 is 0 Å². The number of hydrazone groups is 1. The van der Waals surface area contributed by atoms with Gasteiger partial charge < -0.3 is 5.73 Å². The molecule has 1 aromatic heterocycles. The van der Waals surface area contributed by atoms with Crippen LogP contribution < -0.4 is 5.73 Å². The summed E-state index contributed by atoms with van der Waals surface area (Å²) in [4.78, 5) is 0. The van der Waals surface area contributed by atoms with Crippen molar-refractivity contribution in [1.29, 1.82) is 0 Å². The second kappa shape index (κ2) is 4.79. The summed E-state index contributed by atoms with van der Waals surface area (Å²) in [6.45, 7) is 3.71. The van der Waals surface area contributed by atoms with Crippen LogP contribution in [0, 0.1) is 6.92 Å². The summed E-state index contributed by atoms with van der Waals surface area (Å²) < 4.78 is 0. The summed E-state index contributed by atoms with van der Waals surface area (Å²) >= 11 is 4.77. The topological polar surface area (TPSA) is 67.4 Å². The van der Waals surface area contributed by atoms with Crippen LogP contribution in [0.3, 0.4) is 0 Å². The van der Waals surface area contributed by atoms with E-state index in [0.717, 1.165) is 11.4 Å². The van der Waals surface area contributed by atoms with Gasteiger partial charge in [0.15, 0.2) is 5.11 Å². The Labute approximate surface area is 94.0 Å². The molecule has 6 heteroatoms. The van der Waals surface area contributed by atoms with Crippen LogP contribution in [-0.4, -0.2) is 33.1 Å². The number of aromatic nitrogens is 2. The van der Waals surface area contributed by atoms with Crippen LogP contribution >= 0.6 is 12.2 Å². The van der Waals surface area contributed by atoms with Gasteiger partial charge in [0.05, 0.1) is 11.4 Å². The second-order valence-electron chi connectivity index (χ2n) is 3.11. The highest BCUT2D eigenvalue weighted by Crippen LogP contribution is 1.98. The first-order valence-corrected chi connectivity index (χ1v) is 4.80. The van der Waals surface area contributed by atoms with E-state index in [2.05, 4.69) is 15.3 Å². The number of rotatable bonds is 2. The minimum Gasteiger partial charge on any atom is -0.375 e. The van der Waals surface area contributed by atoms with E-state index in [4.69, 9.17) is 18.0 Å². The third-order valence-electron chi connectivity index (χ3n) is 1.79. The summed E-state index contributed by atoms with van der Waals surface area (Å²) in [5.74, 6) is 0. The molecule has 1 rings (SSSR count). The molecule has 5 nitrogen and oxygen atoms in total. The lowest BCUT2D eigenvalue weighted by Crippen LogP contribution is -2.28. The highest BCUT2D eigenvalue weighted by molar-refractivity contribution is 7.80. The van der Waals surface area contributed by atoms with Crippen LogP contribution in [0.2, 0.25) is 0 Å². The second-order valence-corrected chi connectivity index (χ2v) is 3.53. The van der Waals surface area contributed by atoms with Crippen molar-refractivity contribution in [1.82, 2.24) is 15.2 Å². The molecule has 0 spiro atoms. The van der Waals surface area contributed by atoms with E-state index in [9.17, 15) is 0 Å². The van der Waals surface area contributed by atoms with E-state index < -0.39 is 0 Å². The predicted octanol–water partition coefficient (Wildman–Crippen LogP) is 0.684. The molecule has 0 saturated carbocycles. The van der Waals surface area contributed by atoms with Gasteiger partial charge in [-0.25, -0.2) is 5.01 Å². The quantitative estimate of drug-likeness (QED) is 0.454. The summed E-state index contributed by atoms with van der Waals surface area (Å²) in [5.41, 5.74) is 7.70. The molecule has 0 amide bonds. The number of hydrogen-bond acceptors (Lipinski definition) is 4. The van der Waals surface area contributed by atoms with E-state index in [0.29, 0.717) is 5.69 Å². The molecule has 0 radical (unpaired) electrons. The molecule has 0 aromatic carbocycles. The maximum absolute atomic E-state index is 5.40. The normalized spacial score (nSPS) is 11.3. The number of aryl methyl sites for hydroxylation is 1. The smallest absolute Gasteiger partial charge is 0.186 e. The van der Waals surface area contributed by atoms with Crippen LogP contribution in [-0.2, 0) is 0 Å². The van der Waals surface area contributed by atoms with Crippen LogP contribution in [0.1, 0.15) is 18.3 Å². The molecule has 15 heavy (non-hydrogen) atoms. The number of nitrogens with zero attached hydrogens (tertiary/aromatic N) is 4. The molecule has 0 aliphatic heterocycles. The van der Waals surface area contributed by atoms with Crippen molar-refractivity contribution in [2.24, 2.45) is 10.8 Å². The van der Waals surface area contributed by atoms with Gasteiger partial charge in [0.25, 0.3) is 0 Å². The van der Waals surface area contributed by atoms with Crippen molar-refractivity contribution in [3.05, 3.63) is 23.5 Å². The molecule has 0 bridgehead atoms. The molecule has 0 aliphatic rings. The van der Waals surface area contributed by atoms with Crippen molar-refractivity contribution in [2.75, 3.05) is 7.05 Å². The number of nitrogens with two attached hydrogens (primary N) is 1. The summed E-state index contributed by atoms with van der Waals surface area (Å²) in [5, 5.41) is 13.7. The highest BCUT2D eigenvalue weighted by Gasteiger charge is 2.02. The average Bonchev–Trinajstić information content (AvgIpc) is 2.18. The van der Waals surface area contributed by atoms with Crippen LogP contribution in [0.4, 0.5) is 0 Å². The van der Waals surface area contributed by atoms with Gasteiger partial charge in [-0.05, 0) is 38.2 Å². The predicted molar refractivity (Wildman–Crippen MR) is 63.5 cm³/mol. The first-order chi connectivity index (χ1) is 7.00. The van der Waals surface area contributed by atoms with Gasteiger partial charge in [0, 0.05) is 7.05 Å². The Bertz CT molecular complexity index is 384. The maximum Gasteiger partial charge on any atom is 0.186 e. The molecule has 80 valence electrons. The lowest BCUT2D eigenvalue weighted by molar-refractivity contribution is 0.548. The van der Waals surface area contributed by atoms with Gasteiger partial charge in [-0.15, -0.1) is 5.10 Å². The molecule has 0 aliphatic carbocycles. The van der Waals surface area contributed by atoms with Crippen molar-refractivity contribution in [3.63, 3.8) is 0 Å². The van der Waals surface area contributed by atoms with E-state index in [-0.39, 0.29) is 5.11 Å². The zero-order valence-corrected chi connectivity index (χ0v) is 9.75. The molecule has 2 N–H and O–H groups in total. The van der Waals surface area contributed by atoms with Crippen LogP contribution in [0.5, 0.6) is 0 Å². The van der Waals surface area contributed by atoms with Gasteiger partial charge in [0.2, 0.25) is 0 Å². The third-order valence-corrected chi connectivity index (χ3v) is 2.05. The first-order valence-electron chi connectivity index (χ1n) is 4.40. The van der Waals surface area contributed by atoms with Crippen molar-refractivity contribution in [3.8, 4) is 0 Å². The lowest BCUT2D eigenvalue weighted by atomic mass is 10.3. The number of hydrogen-bond donors (Lipinski definition) is 1. The molecule has 0 atom stereocenters. The minimum atomic E-state index is 0.217. The molecule has 1 aromatic rings. The highest BCUT2D eigenvalue weighted by atomic mass is 32.1. The molecule has 0 saturated heterocycles. The Morgan fingerprint density at radius 3 is 2.60 bits per heavy atom. The Kier molecular flexibility index (Phi) is 3.68. The Morgan fingerprint density at radius 2 is 2.13 bits per heavy atom. The van der Waals surface area contributed by atoms with Crippen LogP contribution in [0.15, 0.2) is 17.2 Å². The Balaban J connectivity index is 2.89. The zero-order chi connectivity index (χ0) is 11.4. The molecule has 0 unspecified atom stereocenters. The standard InChI is InChI=1S/C9H13N5S/c1-6-4-5-8(12-11-6)7(2)13-14(3)9(10)15/h4-5H,1-3H3,(H2,10,15)/b13-7+. The largest absolute Gasteiger partial charge is 0.375 e. The van der Waals surface area contributed by atoms with Gasteiger partial charge in [-0.2, -0.15) is 10.2 Å². The van der Waals surface area contributed by atoms with E-state index in [1.807, 2.05) is 26.0 Å². The van der Waals surface area contributed by atoms with E-state index >= 15 is 0 Å². The Morgan fingerprint density at radius 1 is 1.47 bits per heavy atom. The molecular formula is C9H13N5S. The van der Waals surface area contributed by atoms with Crippen LogP contribution in [0.25, 0.3) is 0 Å². The number of thiocarbonyl (C=S) groups is 1. The molecule has 0 fully saturated rings. The molecule has 1 heterocycles. The average molecular weight is 223 g/mol. The SMILES string of the molecule is C/C(=N\N(C)C(N)=S)c1ccc(C)nn1. The zero-order valence-electron chi connectivity index (χ0n) is 8.93. The summed E-state index contributed by atoms with van der Waals surface area (Å²) in [6.07, 6.45) is 0. The fourth-order valence-corrected chi connectivity index (χ4v) is 0.958. The van der Waals surface area contributed by atoms with Crippen molar-refractivity contribution in [2.45, 2.75) is 13.8 Å². The minimum absolute atomic E-state index is 0.217. The Hall–Kier alpha value is -1.56. The monoisotopic (exact) mass is 223 g/mol. The van der Waals surface area contributed by atoms with Gasteiger partial charge in [-0.1, -0.05) is 0 Å². The lowest BCUT2D eigenvalue weighted by Gasteiger charge is -2.10. The third kappa shape index (κ3) is 3.25. The van der Waals surface area contributed by atoms with Gasteiger partial charge in [0.1, 0.15) is 5.69 Å². The fraction of sp³-hybridized carbons (Fsp3) is 0.333. The molecular weight excluding hydrogens is 210 g/mol. The maximum atomic E-state index is 5.40. The van der Waals surface area contributed by atoms with Gasteiger partial charge in [-0.3, -0.25) is 0 Å². The van der Waals surface area contributed by atoms with E-state index in [1.165, 1.54) is 5.01 Å². The van der Waals surface area contributed by atoms with Crippen molar-refractivity contribution >= 4 is 23.0 Å². The summed E-state index contributed by atoms with van der Waals surface area (Å²) in [6, 6.07) is 3.73. The van der Waals surface area contributed by atoms with E-state index in [1.54, 1.807) is 7.05 Å². The fourth-order valence-electron chi connectivity index (χ4n) is 0.917. The van der Waals surface area contributed by atoms with Gasteiger partial charge >= 0.3 is 0 Å². The summed E-state index contributed by atoms with van der Waals surface area (Å²) in [7, 11) is 1.69.